The summed E-state index contributed by atoms with van der Waals surface area (Å²) in [6.45, 7) is -0.872. The van der Waals surface area contributed by atoms with Crippen LogP contribution < -0.4 is 10.0 Å². The normalized spacial score (nSPS) is 20.7. The molecule has 0 saturated heterocycles. The van der Waals surface area contributed by atoms with E-state index in [1.54, 1.807) is 12.1 Å². The van der Waals surface area contributed by atoms with Crippen LogP contribution in [0.1, 0.15) is 5.56 Å². The summed E-state index contributed by atoms with van der Waals surface area (Å²) in [6.07, 6.45) is -5.01. The smallest absolute Gasteiger partial charge is 0.361 e. The average molecular weight is 420 g/mol. The molecule has 3 rings (SSSR count). The van der Waals surface area contributed by atoms with Crippen LogP contribution in [-0.2, 0) is 10.0 Å². The Morgan fingerprint density at radius 2 is 1.81 bits per heavy atom. The number of benzene rings is 2. The number of rotatable bonds is 3. The summed E-state index contributed by atoms with van der Waals surface area (Å²) in [4.78, 5) is 4.44. The van der Waals surface area contributed by atoms with Gasteiger partial charge in [-0.05, 0) is 42.5 Å². The second-order valence-electron chi connectivity index (χ2n) is 5.89. The highest BCUT2D eigenvalue weighted by atomic mass is 35.5. The number of nitrogens with zero attached hydrogens (tertiary/aromatic N) is 2. The summed E-state index contributed by atoms with van der Waals surface area (Å²) < 4.78 is 62.7. The first-order valence-corrected chi connectivity index (χ1v) is 9.38. The fourth-order valence-electron chi connectivity index (χ4n) is 2.59. The topological polar surface area (TPSA) is 96.0 Å². The number of amidine groups is 1. The standard InChI is InChI=1S/C16H13ClF3N3O3S/c17-11-2-1-3-12(8-11)23-9-15(24,16(18,19)20)22-14(23)10-4-6-13(7-5-10)27(21,25)26/h1-8,24H,9H2,(H2,21,25,26). The predicted molar refractivity (Wildman–Crippen MR) is 94.2 cm³/mol. The summed E-state index contributed by atoms with van der Waals surface area (Å²) in [5.41, 5.74) is -2.86. The Labute approximate surface area is 157 Å². The first-order valence-electron chi connectivity index (χ1n) is 7.46. The van der Waals surface area contributed by atoms with E-state index < -0.39 is 28.5 Å². The second-order valence-corrected chi connectivity index (χ2v) is 7.88. The Bertz CT molecular complexity index is 1010. The molecule has 1 heterocycles. The second kappa shape index (κ2) is 6.48. The number of sulfonamides is 1. The average Bonchev–Trinajstić information content (AvgIpc) is 2.93. The number of halogens is 4. The minimum absolute atomic E-state index is 0.169. The molecule has 0 aromatic heterocycles. The Hall–Kier alpha value is -2.14. The largest absolute Gasteiger partial charge is 0.440 e. The van der Waals surface area contributed by atoms with Crippen molar-refractivity contribution in [3.63, 3.8) is 0 Å². The van der Waals surface area contributed by atoms with Crippen LogP contribution >= 0.6 is 11.6 Å². The number of anilines is 1. The van der Waals surface area contributed by atoms with Gasteiger partial charge in [0, 0.05) is 16.3 Å². The molecule has 2 aromatic rings. The molecule has 1 aliphatic heterocycles. The van der Waals surface area contributed by atoms with E-state index in [4.69, 9.17) is 16.7 Å². The Morgan fingerprint density at radius 3 is 2.33 bits per heavy atom. The summed E-state index contributed by atoms with van der Waals surface area (Å²) in [5, 5.41) is 15.4. The maximum atomic E-state index is 13.3. The van der Waals surface area contributed by atoms with Gasteiger partial charge in [0.2, 0.25) is 10.0 Å². The maximum Gasteiger partial charge on any atom is 0.440 e. The highest BCUT2D eigenvalue weighted by molar-refractivity contribution is 7.89. The highest BCUT2D eigenvalue weighted by Crippen LogP contribution is 2.39. The number of aliphatic imine (C=N–C) groups is 1. The lowest BCUT2D eigenvalue weighted by atomic mass is 10.1. The number of alkyl halides is 3. The third-order valence-electron chi connectivity index (χ3n) is 3.94. The molecule has 27 heavy (non-hydrogen) atoms. The zero-order valence-electron chi connectivity index (χ0n) is 13.5. The number of hydrogen-bond donors (Lipinski definition) is 2. The van der Waals surface area contributed by atoms with Crippen LogP contribution in [-0.4, -0.2) is 37.8 Å². The van der Waals surface area contributed by atoms with Gasteiger partial charge in [-0.1, -0.05) is 17.7 Å². The van der Waals surface area contributed by atoms with Gasteiger partial charge in [-0.15, -0.1) is 0 Å². The Morgan fingerprint density at radius 1 is 1.19 bits per heavy atom. The molecule has 0 amide bonds. The zero-order chi connectivity index (χ0) is 20.0. The van der Waals surface area contributed by atoms with Crippen molar-refractivity contribution in [2.45, 2.75) is 16.8 Å². The lowest BCUT2D eigenvalue weighted by Crippen LogP contribution is -2.47. The van der Waals surface area contributed by atoms with E-state index in [2.05, 4.69) is 4.99 Å². The van der Waals surface area contributed by atoms with Crippen LogP contribution in [0.2, 0.25) is 5.02 Å². The van der Waals surface area contributed by atoms with Crippen molar-refractivity contribution >= 4 is 33.1 Å². The van der Waals surface area contributed by atoms with Gasteiger partial charge in [-0.2, -0.15) is 13.2 Å². The molecule has 0 spiro atoms. The fourth-order valence-corrected chi connectivity index (χ4v) is 3.29. The number of primary sulfonamides is 1. The molecular weight excluding hydrogens is 407 g/mol. The van der Waals surface area contributed by atoms with Crippen molar-refractivity contribution in [3.05, 3.63) is 59.1 Å². The first kappa shape index (κ1) is 19.6. The maximum absolute atomic E-state index is 13.3. The van der Waals surface area contributed by atoms with E-state index in [-0.39, 0.29) is 22.0 Å². The molecule has 1 aliphatic rings. The molecule has 2 aromatic carbocycles. The van der Waals surface area contributed by atoms with Crippen molar-refractivity contribution in [1.29, 1.82) is 0 Å². The summed E-state index contributed by atoms with van der Waals surface area (Å²) in [5.74, 6) is -0.182. The molecule has 0 bridgehead atoms. The minimum atomic E-state index is -5.01. The number of nitrogens with two attached hydrogens (primary N) is 1. The van der Waals surface area contributed by atoms with E-state index >= 15 is 0 Å². The van der Waals surface area contributed by atoms with Gasteiger partial charge in [0.25, 0.3) is 5.72 Å². The molecule has 11 heteroatoms. The van der Waals surface area contributed by atoms with E-state index in [1.807, 2.05) is 0 Å². The third-order valence-corrected chi connectivity index (χ3v) is 5.10. The lowest BCUT2D eigenvalue weighted by Gasteiger charge is -2.25. The number of hydrogen-bond acceptors (Lipinski definition) is 5. The fraction of sp³-hybridized carbons (Fsp3) is 0.188. The van der Waals surface area contributed by atoms with Crippen LogP contribution in [0.5, 0.6) is 0 Å². The third kappa shape index (κ3) is 3.79. The van der Waals surface area contributed by atoms with Gasteiger partial charge in [-0.25, -0.2) is 18.5 Å². The quantitative estimate of drug-likeness (QED) is 0.799. The number of β-amino-alcohol motifs (C(OH)–C–C–N with tert-alkyl or cyclic N) is 1. The van der Waals surface area contributed by atoms with Gasteiger partial charge >= 0.3 is 6.18 Å². The first-order chi connectivity index (χ1) is 12.4. The van der Waals surface area contributed by atoms with Crippen molar-refractivity contribution in [3.8, 4) is 0 Å². The lowest BCUT2D eigenvalue weighted by molar-refractivity contribution is -0.249. The number of aliphatic hydroxyl groups is 1. The summed E-state index contributed by atoms with van der Waals surface area (Å²) in [6, 6.07) is 10.9. The Balaban J connectivity index is 2.11. The SMILES string of the molecule is NS(=O)(=O)c1ccc(C2=NC(O)(C(F)(F)F)CN2c2cccc(Cl)c2)cc1. The Kier molecular flexibility index (Phi) is 4.71. The van der Waals surface area contributed by atoms with Crippen LogP contribution in [0.3, 0.4) is 0 Å². The summed E-state index contributed by atoms with van der Waals surface area (Å²) >= 11 is 5.92. The monoisotopic (exact) mass is 419 g/mol. The van der Waals surface area contributed by atoms with Gasteiger partial charge in [-0.3, -0.25) is 0 Å². The van der Waals surface area contributed by atoms with Crippen LogP contribution in [0.15, 0.2) is 58.4 Å². The molecule has 0 radical (unpaired) electrons. The van der Waals surface area contributed by atoms with Gasteiger partial charge < -0.3 is 10.0 Å². The minimum Gasteiger partial charge on any atom is -0.361 e. The van der Waals surface area contributed by atoms with Crippen LogP contribution in [0.25, 0.3) is 0 Å². The van der Waals surface area contributed by atoms with Crippen LogP contribution in [0, 0.1) is 0 Å². The molecule has 6 nitrogen and oxygen atoms in total. The van der Waals surface area contributed by atoms with Crippen molar-refractivity contribution < 1.29 is 26.7 Å². The molecule has 1 unspecified atom stereocenters. The zero-order valence-corrected chi connectivity index (χ0v) is 15.1. The van der Waals surface area contributed by atoms with Crippen LogP contribution in [0.4, 0.5) is 18.9 Å². The van der Waals surface area contributed by atoms with Crippen molar-refractivity contribution in [1.82, 2.24) is 0 Å². The van der Waals surface area contributed by atoms with Gasteiger partial charge in [0.15, 0.2) is 0 Å². The summed E-state index contributed by atoms with van der Waals surface area (Å²) in [7, 11) is -3.96. The molecule has 0 fully saturated rings. The van der Waals surface area contributed by atoms with E-state index in [0.717, 1.165) is 17.0 Å². The molecule has 1 atom stereocenters. The molecule has 0 saturated carbocycles. The van der Waals surface area contributed by atoms with Crippen molar-refractivity contribution in [2.24, 2.45) is 10.1 Å². The molecule has 144 valence electrons. The van der Waals surface area contributed by atoms with Gasteiger partial charge in [0.1, 0.15) is 5.84 Å². The van der Waals surface area contributed by atoms with Gasteiger partial charge in [0.05, 0.1) is 11.4 Å². The molecule has 0 aliphatic carbocycles. The predicted octanol–water partition coefficient (Wildman–Crippen LogP) is 2.51. The van der Waals surface area contributed by atoms with Crippen molar-refractivity contribution in [2.75, 3.05) is 11.4 Å². The van der Waals surface area contributed by atoms with E-state index in [9.17, 15) is 26.7 Å². The highest BCUT2D eigenvalue weighted by Gasteiger charge is 2.58. The molecule has 3 N–H and O–H groups in total. The van der Waals surface area contributed by atoms with E-state index in [0.29, 0.717) is 5.02 Å². The van der Waals surface area contributed by atoms with E-state index in [1.165, 1.54) is 24.3 Å². The molecular formula is C16H13ClF3N3O3S.